The number of Topliss-reactive ketones (excluding diaryl/α,β-unsaturated/α-hetero) is 1. The molecule has 16 heavy (non-hydrogen) atoms. The molecule has 0 aromatic carbocycles. The predicted molar refractivity (Wildman–Crippen MR) is 63.3 cm³/mol. The van der Waals surface area contributed by atoms with Crippen molar-refractivity contribution in [2.45, 2.75) is 19.3 Å². The Kier molecular flexibility index (Phi) is 2.76. The number of hydrogen-bond acceptors (Lipinski definition) is 3. The van der Waals surface area contributed by atoms with Gasteiger partial charge in [0.05, 0.1) is 0 Å². The summed E-state index contributed by atoms with van der Waals surface area (Å²) in [6.07, 6.45) is 3.70. The number of carbonyl (C=O) groups is 1. The van der Waals surface area contributed by atoms with Crippen LogP contribution in [0, 0.1) is 17.8 Å². The average Bonchev–Trinajstić information content (AvgIpc) is 2.85. The Bertz CT molecular complexity index is 284. The fourth-order valence-corrected chi connectivity index (χ4v) is 3.72. The largest absolute Gasteiger partial charge is 0.304 e. The van der Waals surface area contributed by atoms with Crippen LogP contribution in [0.25, 0.3) is 0 Å². The maximum Gasteiger partial charge on any atom is 0.140 e. The van der Waals surface area contributed by atoms with Crippen LogP contribution >= 0.6 is 0 Å². The van der Waals surface area contributed by atoms with Gasteiger partial charge in [-0.25, -0.2) is 0 Å². The van der Waals surface area contributed by atoms with E-state index in [0.29, 0.717) is 17.6 Å². The van der Waals surface area contributed by atoms with Crippen molar-refractivity contribution >= 4 is 5.78 Å². The Morgan fingerprint density at radius 2 is 1.94 bits per heavy atom. The second-order valence-electron chi connectivity index (χ2n) is 5.88. The quantitative estimate of drug-likeness (QED) is 0.692. The van der Waals surface area contributed by atoms with E-state index in [-0.39, 0.29) is 0 Å². The molecule has 2 saturated carbocycles. The van der Waals surface area contributed by atoms with E-state index >= 15 is 0 Å². The van der Waals surface area contributed by atoms with Crippen LogP contribution in [0.15, 0.2) is 0 Å². The summed E-state index contributed by atoms with van der Waals surface area (Å²) >= 11 is 0. The molecule has 0 amide bonds. The molecule has 0 spiro atoms. The molecule has 1 aliphatic heterocycles. The van der Waals surface area contributed by atoms with E-state index in [9.17, 15) is 4.79 Å². The van der Waals surface area contributed by atoms with Gasteiger partial charge in [0.1, 0.15) is 5.78 Å². The molecule has 3 rings (SSSR count). The maximum atomic E-state index is 12.1. The number of carbonyl (C=O) groups excluding carboxylic acids is 1. The lowest BCUT2D eigenvalue weighted by molar-refractivity contribution is -0.126. The number of rotatable bonds is 2. The maximum absolute atomic E-state index is 12.1. The van der Waals surface area contributed by atoms with Crippen LogP contribution in [0.1, 0.15) is 19.3 Å². The van der Waals surface area contributed by atoms with Gasteiger partial charge in [0.25, 0.3) is 0 Å². The molecule has 0 N–H and O–H groups in total. The molecule has 1 heterocycles. The third-order valence-corrected chi connectivity index (χ3v) is 4.86. The van der Waals surface area contributed by atoms with Gasteiger partial charge in [-0.15, -0.1) is 0 Å². The first-order valence-electron chi connectivity index (χ1n) is 6.68. The number of piperazine rings is 1. The van der Waals surface area contributed by atoms with Crippen LogP contribution in [-0.2, 0) is 4.79 Å². The van der Waals surface area contributed by atoms with Gasteiger partial charge < -0.3 is 9.80 Å². The van der Waals surface area contributed by atoms with Crippen molar-refractivity contribution in [1.82, 2.24) is 9.80 Å². The molecule has 3 fully saturated rings. The fourth-order valence-electron chi connectivity index (χ4n) is 3.72. The van der Waals surface area contributed by atoms with E-state index in [4.69, 9.17) is 0 Å². The molecule has 2 bridgehead atoms. The van der Waals surface area contributed by atoms with Crippen LogP contribution in [-0.4, -0.2) is 55.4 Å². The van der Waals surface area contributed by atoms with E-state index in [1.807, 2.05) is 0 Å². The van der Waals surface area contributed by atoms with E-state index < -0.39 is 0 Å². The topological polar surface area (TPSA) is 23.6 Å². The molecule has 0 radical (unpaired) electrons. The lowest BCUT2D eigenvalue weighted by Gasteiger charge is -2.35. The molecule has 0 aromatic rings. The van der Waals surface area contributed by atoms with Gasteiger partial charge in [-0.3, -0.25) is 4.79 Å². The predicted octanol–water partition coefficient (Wildman–Crippen LogP) is 0.849. The number of ketones is 1. The van der Waals surface area contributed by atoms with Crippen molar-refractivity contribution in [1.29, 1.82) is 0 Å². The summed E-state index contributed by atoms with van der Waals surface area (Å²) in [4.78, 5) is 16.9. The Morgan fingerprint density at radius 3 is 2.56 bits per heavy atom. The summed E-state index contributed by atoms with van der Waals surface area (Å²) in [6, 6.07) is 0. The molecule has 3 heteroatoms. The minimum Gasteiger partial charge on any atom is -0.304 e. The minimum absolute atomic E-state index is 0.391. The molecular weight excluding hydrogens is 200 g/mol. The van der Waals surface area contributed by atoms with Crippen LogP contribution in [0.4, 0.5) is 0 Å². The van der Waals surface area contributed by atoms with Gasteiger partial charge >= 0.3 is 0 Å². The van der Waals surface area contributed by atoms with Crippen LogP contribution < -0.4 is 0 Å². The van der Waals surface area contributed by atoms with Crippen LogP contribution in [0.3, 0.4) is 0 Å². The molecule has 1 saturated heterocycles. The van der Waals surface area contributed by atoms with Crippen LogP contribution in [0.2, 0.25) is 0 Å². The summed E-state index contributed by atoms with van der Waals surface area (Å²) in [7, 11) is 2.18. The fraction of sp³-hybridized carbons (Fsp3) is 0.923. The molecular formula is C13H22N2O. The van der Waals surface area contributed by atoms with Gasteiger partial charge in [-0.05, 0) is 32.2 Å². The van der Waals surface area contributed by atoms with E-state index in [0.717, 1.165) is 38.6 Å². The van der Waals surface area contributed by atoms with Gasteiger partial charge in [-0.1, -0.05) is 0 Å². The highest BCUT2D eigenvalue weighted by Crippen LogP contribution is 2.46. The molecule has 90 valence electrons. The SMILES string of the molecule is CN1CCN(CC2C(=O)[C@@H]3CC[C@H]2C3)CC1. The monoisotopic (exact) mass is 222 g/mol. The standard InChI is InChI=1S/C13H22N2O/c1-14-4-6-15(7-5-14)9-12-10-2-3-11(8-10)13(12)16/h10-12H,2-9H2,1H3/t10-,11+,12?/m0/s1. The lowest BCUT2D eigenvalue weighted by atomic mass is 9.87. The van der Waals surface area contributed by atoms with Crippen LogP contribution in [0.5, 0.6) is 0 Å². The van der Waals surface area contributed by atoms with E-state index in [1.54, 1.807) is 0 Å². The van der Waals surface area contributed by atoms with Gasteiger partial charge in [-0.2, -0.15) is 0 Å². The van der Waals surface area contributed by atoms with Gasteiger partial charge in [0, 0.05) is 44.6 Å². The first kappa shape index (κ1) is 10.7. The molecule has 3 nitrogen and oxygen atoms in total. The van der Waals surface area contributed by atoms with Crippen molar-refractivity contribution in [2.24, 2.45) is 17.8 Å². The second-order valence-corrected chi connectivity index (χ2v) is 5.88. The van der Waals surface area contributed by atoms with Gasteiger partial charge in [0.15, 0.2) is 0 Å². The first-order chi connectivity index (χ1) is 7.74. The molecule has 2 aliphatic carbocycles. The number of fused-ring (bicyclic) bond motifs is 2. The summed E-state index contributed by atoms with van der Waals surface area (Å²) in [5.74, 6) is 2.16. The number of hydrogen-bond donors (Lipinski definition) is 0. The lowest BCUT2D eigenvalue weighted by Crippen LogP contribution is -2.47. The van der Waals surface area contributed by atoms with Gasteiger partial charge in [0.2, 0.25) is 0 Å². The normalized spacial score (nSPS) is 40.8. The number of nitrogens with zero attached hydrogens (tertiary/aromatic N) is 2. The average molecular weight is 222 g/mol. The molecule has 3 atom stereocenters. The third kappa shape index (κ3) is 1.80. The van der Waals surface area contributed by atoms with Crippen molar-refractivity contribution < 1.29 is 4.79 Å². The first-order valence-corrected chi connectivity index (χ1v) is 6.68. The highest BCUT2D eigenvalue weighted by Gasteiger charge is 2.46. The highest BCUT2D eigenvalue weighted by molar-refractivity contribution is 5.87. The Hall–Kier alpha value is -0.410. The van der Waals surface area contributed by atoms with Crippen molar-refractivity contribution in [3.05, 3.63) is 0 Å². The summed E-state index contributed by atoms with van der Waals surface area (Å²) < 4.78 is 0. The zero-order chi connectivity index (χ0) is 11.1. The van der Waals surface area contributed by atoms with E-state index in [2.05, 4.69) is 16.8 Å². The van der Waals surface area contributed by atoms with E-state index in [1.165, 1.54) is 19.3 Å². The smallest absolute Gasteiger partial charge is 0.140 e. The second kappa shape index (κ2) is 4.11. The Balaban J connectivity index is 1.57. The summed E-state index contributed by atoms with van der Waals surface area (Å²) in [5, 5.41) is 0. The third-order valence-electron chi connectivity index (χ3n) is 4.86. The number of likely N-dealkylation sites (N-methyl/N-ethyl adjacent to an activating group) is 1. The van der Waals surface area contributed by atoms with Crippen molar-refractivity contribution in [3.63, 3.8) is 0 Å². The molecule has 1 unspecified atom stereocenters. The summed E-state index contributed by atoms with van der Waals surface area (Å²) in [5.41, 5.74) is 0. The molecule has 0 aromatic heterocycles. The van der Waals surface area contributed by atoms with Crippen molar-refractivity contribution in [3.8, 4) is 0 Å². The zero-order valence-corrected chi connectivity index (χ0v) is 10.2. The Labute approximate surface area is 97.8 Å². The zero-order valence-electron chi connectivity index (χ0n) is 10.2. The summed E-state index contributed by atoms with van der Waals surface area (Å²) in [6.45, 7) is 5.67. The Morgan fingerprint density at radius 1 is 1.19 bits per heavy atom. The van der Waals surface area contributed by atoms with Crippen molar-refractivity contribution in [2.75, 3.05) is 39.8 Å². The minimum atomic E-state index is 0.391. The molecule has 3 aliphatic rings. The highest BCUT2D eigenvalue weighted by atomic mass is 16.1.